The van der Waals surface area contributed by atoms with Crippen LogP contribution in [0.3, 0.4) is 0 Å². The molecular formula is C8H11N3O4. The number of carbonyl (C=O) groups is 1. The van der Waals surface area contributed by atoms with Crippen LogP contribution in [0.4, 0.5) is 6.01 Å². The Hall–Kier alpha value is -1.63. The van der Waals surface area contributed by atoms with E-state index < -0.39 is 5.97 Å². The number of aromatic nitrogens is 2. The highest BCUT2D eigenvalue weighted by Crippen LogP contribution is 2.12. The summed E-state index contributed by atoms with van der Waals surface area (Å²) < 4.78 is 14.6. The molecule has 1 aliphatic heterocycles. The van der Waals surface area contributed by atoms with E-state index >= 15 is 0 Å². The Morgan fingerprint density at radius 3 is 2.87 bits per heavy atom. The predicted octanol–water partition coefficient (Wildman–Crippen LogP) is -0.307. The number of hydrogen-bond acceptors (Lipinski definition) is 7. The lowest BCUT2D eigenvalue weighted by Crippen LogP contribution is -2.36. The van der Waals surface area contributed by atoms with Crippen LogP contribution in [0.2, 0.25) is 0 Å². The van der Waals surface area contributed by atoms with E-state index in [1.807, 2.05) is 4.90 Å². The molecule has 1 saturated heterocycles. The van der Waals surface area contributed by atoms with Crippen molar-refractivity contribution in [3.8, 4) is 0 Å². The summed E-state index contributed by atoms with van der Waals surface area (Å²) in [6.07, 6.45) is 0. The zero-order chi connectivity index (χ0) is 10.7. The van der Waals surface area contributed by atoms with Crippen LogP contribution >= 0.6 is 0 Å². The van der Waals surface area contributed by atoms with Crippen molar-refractivity contribution in [1.82, 2.24) is 10.1 Å². The maximum Gasteiger partial charge on any atom is 0.379 e. The normalized spacial score (nSPS) is 16.5. The van der Waals surface area contributed by atoms with Gasteiger partial charge in [-0.2, -0.15) is 4.98 Å². The Morgan fingerprint density at radius 1 is 1.47 bits per heavy atom. The second kappa shape index (κ2) is 4.26. The van der Waals surface area contributed by atoms with Gasteiger partial charge in [-0.15, -0.1) is 0 Å². The van der Waals surface area contributed by atoms with Gasteiger partial charge in [0.25, 0.3) is 5.82 Å². The van der Waals surface area contributed by atoms with Gasteiger partial charge in [0.1, 0.15) is 0 Å². The molecule has 82 valence electrons. The molecule has 0 aliphatic carbocycles. The average Bonchev–Trinajstić information content (AvgIpc) is 2.78. The first-order valence-corrected chi connectivity index (χ1v) is 4.56. The number of hydrogen-bond donors (Lipinski definition) is 0. The number of esters is 1. The maximum absolute atomic E-state index is 11.1. The highest BCUT2D eigenvalue weighted by atomic mass is 16.5. The number of rotatable bonds is 2. The third-order valence-electron chi connectivity index (χ3n) is 2.06. The van der Waals surface area contributed by atoms with Gasteiger partial charge in [-0.25, -0.2) is 4.79 Å². The van der Waals surface area contributed by atoms with Crippen LogP contribution in [0.1, 0.15) is 10.6 Å². The van der Waals surface area contributed by atoms with Crippen LogP contribution < -0.4 is 4.90 Å². The topological polar surface area (TPSA) is 77.7 Å². The minimum absolute atomic E-state index is 0.0565. The second-order valence-corrected chi connectivity index (χ2v) is 2.99. The lowest BCUT2D eigenvalue weighted by Gasteiger charge is -2.24. The van der Waals surface area contributed by atoms with E-state index in [9.17, 15) is 4.79 Å². The third kappa shape index (κ3) is 2.07. The number of ether oxygens (including phenoxy) is 2. The number of anilines is 1. The first kappa shape index (κ1) is 9.91. The Kier molecular flexibility index (Phi) is 2.82. The summed E-state index contributed by atoms with van der Waals surface area (Å²) in [5, 5.41) is 3.52. The highest BCUT2D eigenvalue weighted by Gasteiger charge is 2.20. The van der Waals surface area contributed by atoms with E-state index in [1.165, 1.54) is 7.11 Å². The van der Waals surface area contributed by atoms with Crippen molar-refractivity contribution >= 4 is 12.0 Å². The van der Waals surface area contributed by atoms with Crippen LogP contribution in [-0.4, -0.2) is 49.5 Å². The van der Waals surface area contributed by atoms with Gasteiger partial charge in [0, 0.05) is 13.1 Å². The molecule has 0 amide bonds. The van der Waals surface area contributed by atoms with Gasteiger partial charge in [0.05, 0.1) is 20.3 Å². The van der Waals surface area contributed by atoms with Gasteiger partial charge < -0.3 is 18.9 Å². The summed E-state index contributed by atoms with van der Waals surface area (Å²) in [5.74, 6) is -0.655. The molecule has 1 fully saturated rings. The Morgan fingerprint density at radius 2 is 2.20 bits per heavy atom. The maximum atomic E-state index is 11.1. The van der Waals surface area contributed by atoms with Crippen LogP contribution in [0.15, 0.2) is 4.52 Å². The summed E-state index contributed by atoms with van der Waals surface area (Å²) >= 11 is 0. The first-order valence-electron chi connectivity index (χ1n) is 4.56. The third-order valence-corrected chi connectivity index (χ3v) is 2.06. The van der Waals surface area contributed by atoms with Crippen molar-refractivity contribution in [2.75, 3.05) is 38.3 Å². The van der Waals surface area contributed by atoms with Gasteiger partial charge in [0.15, 0.2) is 0 Å². The molecule has 1 aromatic heterocycles. The molecule has 0 saturated carbocycles. The lowest BCUT2D eigenvalue weighted by atomic mass is 10.4. The molecule has 15 heavy (non-hydrogen) atoms. The molecule has 7 heteroatoms. The van der Waals surface area contributed by atoms with Crippen molar-refractivity contribution in [1.29, 1.82) is 0 Å². The molecule has 0 atom stereocenters. The zero-order valence-corrected chi connectivity index (χ0v) is 8.30. The minimum atomic E-state index is -0.599. The molecule has 7 nitrogen and oxygen atoms in total. The fraction of sp³-hybridized carbons (Fsp3) is 0.625. The van der Waals surface area contributed by atoms with Gasteiger partial charge in [-0.1, -0.05) is 0 Å². The Balaban J connectivity index is 2.08. The van der Waals surface area contributed by atoms with Crippen molar-refractivity contribution in [2.45, 2.75) is 0 Å². The largest absolute Gasteiger partial charge is 0.463 e. The van der Waals surface area contributed by atoms with Crippen LogP contribution in [-0.2, 0) is 9.47 Å². The second-order valence-electron chi connectivity index (χ2n) is 2.99. The number of nitrogens with zero attached hydrogens (tertiary/aromatic N) is 3. The van der Waals surface area contributed by atoms with Gasteiger partial charge >= 0.3 is 12.0 Å². The molecule has 2 rings (SSSR count). The van der Waals surface area contributed by atoms with E-state index in [0.717, 1.165) is 0 Å². The van der Waals surface area contributed by atoms with Crippen molar-refractivity contribution in [2.24, 2.45) is 0 Å². The fourth-order valence-electron chi connectivity index (χ4n) is 1.27. The predicted molar refractivity (Wildman–Crippen MR) is 48.7 cm³/mol. The summed E-state index contributed by atoms with van der Waals surface area (Å²) in [4.78, 5) is 16.8. The number of carbonyl (C=O) groups excluding carboxylic acids is 1. The van der Waals surface area contributed by atoms with E-state index in [1.54, 1.807) is 0 Å². The molecule has 0 bridgehead atoms. The molecule has 0 unspecified atom stereocenters. The van der Waals surface area contributed by atoms with Crippen molar-refractivity contribution < 1.29 is 18.8 Å². The average molecular weight is 213 g/mol. The lowest BCUT2D eigenvalue weighted by molar-refractivity contribution is 0.0583. The highest BCUT2D eigenvalue weighted by molar-refractivity contribution is 5.85. The van der Waals surface area contributed by atoms with Crippen LogP contribution in [0.5, 0.6) is 0 Å². The molecule has 0 aromatic carbocycles. The molecule has 1 aromatic rings. The summed E-state index contributed by atoms with van der Waals surface area (Å²) in [6.45, 7) is 2.61. The zero-order valence-electron chi connectivity index (χ0n) is 8.30. The molecule has 0 spiro atoms. The SMILES string of the molecule is COC(=O)c1noc(N2CCOCC2)n1. The molecule has 0 radical (unpaired) electrons. The van der Waals surface area contributed by atoms with E-state index in [-0.39, 0.29) is 5.82 Å². The Labute approximate surface area is 85.9 Å². The van der Waals surface area contributed by atoms with Crippen LogP contribution in [0.25, 0.3) is 0 Å². The van der Waals surface area contributed by atoms with E-state index in [4.69, 9.17) is 9.26 Å². The smallest absolute Gasteiger partial charge is 0.379 e. The molecule has 2 heterocycles. The first-order chi connectivity index (χ1) is 7.31. The standard InChI is InChI=1S/C8H11N3O4/c1-13-7(12)6-9-8(15-10-6)11-2-4-14-5-3-11/h2-5H2,1H3. The van der Waals surface area contributed by atoms with Crippen molar-refractivity contribution in [3.63, 3.8) is 0 Å². The summed E-state index contributed by atoms with van der Waals surface area (Å²) in [7, 11) is 1.27. The number of morpholine rings is 1. The summed E-state index contributed by atoms with van der Waals surface area (Å²) in [5.41, 5.74) is 0. The molecular weight excluding hydrogens is 202 g/mol. The minimum Gasteiger partial charge on any atom is -0.463 e. The monoisotopic (exact) mass is 213 g/mol. The van der Waals surface area contributed by atoms with Gasteiger partial charge in [-0.3, -0.25) is 0 Å². The quantitative estimate of drug-likeness (QED) is 0.623. The Bertz CT molecular complexity index is 345. The molecule has 0 N–H and O–H groups in total. The van der Waals surface area contributed by atoms with E-state index in [2.05, 4.69) is 14.9 Å². The number of methoxy groups -OCH3 is 1. The van der Waals surface area contributed by atoms with Crippen LogP contribution in [0, 0.1) is 0 Å². The van der Waals surface area contributed by atoms with Crippen molar-refractivity contribution in [3.05, 3.63) is 5.82 Å². The summed E-state index contributed by atoms with van der Waals surface area (Å²) in [6, 6.07) is 0.332. The van der Waals surface area contributed by atoms with Gasteiger partial charge in [0.2, 0.25) is 0 Å². The fourth-order valence-corrected chi connectivity index (χ4v) is 1.27. The van der Waals surface area contributed by atoms with Gasteiger partial charge in [-0.05, 0) is 5.16 Å². The molecule has 1 aliphatic rings. The van der Waals surface area contributed by atoms with E-state index in [0.29, 0.717) is 32.3 Å².